The first-order chi connectivity index (χ1) is 21.2. The molecule has 0 radical (unpaired) electrons. The third-order valence-electron chi connectivity index (χ3n) is 8.61. The Hall–Kier alpha value is -5.27. The number of rotatable bonds is 6. The first kappa shape index (κ1) is 27.6. The van der Waals surface area contributed by atoms with E-state index in [1.54, 1.807) is 24.5 Å². The van der Waals surface area contributed by atoms with Crippen LogP contribution in [0.2, 0.25) is 0 Å². The fraction of sp³-hybridized carbons (Fsp3) is 0.300. The van der Waals surface area contributed by atoms with Gasteiger partial charge in [-0.05, 0) is 50.8 Å². The highest BCUT2D eigenvalue weighted by Crippen LogP contribution is 2.45. The number of Topliss-reactive ketones (excluding diaryl/α,β-unsaturated/α-hetero) is 1. The van der Waals surface area contributed by atoms with Crippen molar-refractivity contribution in [2.45, 2.75) is 50.6 Å². The number of hydrogen-bond acceptors (Lipinski definition) is 9. The lowest BCUT2D eigenvalue weighted by atomic mass is 9.85. The molecule has 0 unspecified atom stereocenters. The zero-order chi connectivity index (χ0) is 30.7. The molecule has 224 valence electrons. The molecule has 7 rings (SSSR count). The molecule has 0 aliphatic carbocycles. The van der Waals surface area contributed by atoms with Gasteiger partial charge in [-0.2, -0.15) is 9.61 Å². The van der Waals surface area contributed by atoms with Gasteiger partial charge >= 0.3 is 0 Å². The number of aromatic amines is 1. The molecule has 2 saturated heterocycles. The molecule has 1 aromatic carbocycles. The molecular formula is C30H27F2N9O3. The van der Waals surface area contributed by atoms with Crippen molar-refractivity contribution in [1.29, 1.82) is 0 Å². The Morgan fingerprint density at radius 2 is 1.80 bits per heavy atom. The Labute approximate surface area is 249 Å². The Bertz CT molecular complexity index is 1890. The number of aromatic nitrogens is 7. The van der Waals surface area contributed by atoms with Crippen molar-refractivity contribution in [2.24, 2.45) is 0 Å². The maximum Gasteiger partial charge on any atom is 0.292 e. The van der Waals surface area contributed by atoms with Crippen LogP contribution >= 0.6 is 0 Å². The zero-order valence-corrected chi connectivity index (χ0v) is 23.8. The largest absolute Gasteiger partial charge is 0.491 e. The number of pyridine rings is 1. The molecule has 4 aromatic heterocycles. The van der Waals surface area contributed by atoms with Crippen LogP contribution in [0.25, 0.3) is 28.0 Å². The van der Waals surface area contributed by atoms with Crippen LogP contribution in [0.5, 0.6) is 5.75 Å². The first-order valence-corrected chi connectivity index (χ1v) is 14.1. The van der Waals surface area contributed by atoms with Crippen LogP contribution in [0.15, 0.2) is 43.0 Å². The highest BCUT2D eigenvalue weighted by atomic mass is 19.1. The van der Waals surface area contributed by atoms with Crippen LogP contribution in [0.3, 0.4) is 0 Å². The topological polar surface area (TPSA) is 157 Å². The number of nitrogens with two attached hydrogens (primary N) is 1. The van der Waals surface area contributed by atoms with Crippen LogP contribution < -0.4 is 10.5 Å². The summed E-state index contributed by atoms with van der Waals surface area (Å²) in [4.78, 5) is 40.1. The maximum absolute atomic E-state index is 14.3. The number of carbonyl (C=O) groups excluding carboxylic acids is 2. The molecule has 1 amide bonds. The van der Waals surface area contributed by atoms with Gasteiger partial charge in [0.25, 0.3) is 5.91 Å². The number of ketones is 1. The minimum atomic E-state index is -0.828. The molecule has 3 atom stereocenters. The second-order valence-electron chi connectivity index (χ2n) is 11.1. The molecule has 6 heterocycles. The maximum atomic E-state index is 14.3. The van der Waals surface area contributed by atoms with E-state index >= 15 is 0 Å². The molecule has 0 saturated carbocycles. The Balaban J connectivity index is 1.24. The lowest BCUT2D eigenvalue weighted by Gasteiger charge is -2.38. The number of benzene rings is 1. The van der Waals surface area contributed by atoms with E-state index in [1.807, 2.05) is 4.90 Å². The molecule has 5 aromatic rings. The summed E-state index contributed by atoms with van der Waals surface area (Å²) in [5, 5.41) is 12.1. The van der Waals surface area contributed by atoms with Gasteiger partial charge in [0.15, 0.2) is 28.8 Å². The highest BCUT2D eigenvalue weighted by Gasteiger charge is 2.45. The van der Waals surface area contributed by atoms with Gasteiger partial charge in [-0.25, -0.2) is 13.8 Å². The van der Waals surface area contributed by atoms with E-state index < -0.39 is 17.4 Å². The second kappa shape index (κ2) is 10.5. The van der Waals surface area contributed by atoms with Gasteiger partial charge in [0.1, 0.15) is 12.1 Å². The number of hydrogen-bond donors (Lipinski definition) is 2. The quantitative estimate of drug-likeness (QED) is 0.273. The van der Waals surface area contributed by atoms with E-state index in [4.69, 9.17) is 15.5 Å². The van der Waals surface area contributed by atoms with E-state index in [-0.39, 0.29) is 46.9 Å². The van der Waals surface area contributed by atoms with Gasteiger partial charge in [0, 0.05) is 40.9 Å². The summed E-state index contributed by atoms with van der Waals surface area (Å²) >= 11 is 0. The molecule has 3 N–H and O–H groups in total. The Morgan fingerprint density at radius 3 is 2.39 bits per heavy atom. The number of halogens is 2. The van der Waals surface area contributed by atoms with Gasteiger partial charge < -0.3 is 20.4 Å². The van der Waals surface area contributed by atoms with Crippen molar-refractivity contribution in [3.8, 4) is 28.1 Å². The van der Waals surface area contributed by atoms with Gasteiger partial charge in [-0.15, -0.1) is 10.2 Å². The number of anilines is 1. The van der Waals surface area contributed by atoms with Crippen molar-refractivity contribution in [1.82, 2.24) is 39.7 Å². The Morgan fingerprint density at radius 1 is 1.07 bits per heavy atom. The SMILES string of the molecule is COc1c(F)cc(-c2ccc(-c3cnn4c(N)c(C(C)=O)c([C@H]5C[C@H]6CC[C@@H](C5)N6C(=O)c5nnc[nH]5)nc34)cn2)cc1F. The summed E-state index contributed by atoms with van der Waals surface area (Å²) in [7, 11) is 1.20. The fourth-order valence-corrected chi connectivity index (χ4v) is 6.68. The molecular weight excluding hydrogens is 572 g/mol. The second-order valence-corrected chi connectivity index (χ2v) is 11.1. The van der Waals surface area contributed by atoms with E-state index in [0.717, 1.165) is 25.0 Å². The molecule has 44 heavy (non-hydrogen) atoms. The van der Waals surface area contributed by atoms with Gasteiger partial charge in [-0.1, -0.05) is 6.07 Å². The smallest absolute Gasteiger partial charge is 0.292 e. The van der Waals surface area contributed by atoms with E-state index in [9.17, 15) is 18.4 Å². The average Bonchev–Trinajstić information content (AvgIpc) is 3.75. The van der Waals surface area contributed by atoms with E-state index in [1.165, 1.54) is 24.9 Å². The van der Waals surface area contributed by atoms with Crippen molar-refractivity contribution in [2.75, 3.05) is 12.8 Å². The number of ether oxygens (including phenoxy) is 1. The molecule has 2 fully saturated rings. The molecule has 2 bridgehead atoms. The van der Waals surface area contributed by atoms with Crippen molar-refractivity contribution < 1.29 is 23.1 Å². The summed E-state index contributed by atoms with van der Waals surface area (Å²) in [6.45, 7) is 1.46. The predicted molar refractivity (Wildman–Crippen MR) is 154 cm³/mol. The number of nitrogens with one attached hydrogen (secondary N) is 1. The van der Waals surface area contributed by atoms with Gasteiger partial charge in [-0.3, -0.25) is 14.6 Å². The number of methoxy groups -OCH3 is 1. The monoisotopic (exact) mass is 599 g/mol. The summed E-state index contributed by atoms with van der Waals surface area (Å²) < 4.78 is 34.8. The van der Waals surface area contributed by atoms with Gasteiger partial charge in [0.2, 0.25) is 5.82 Å². The first-order valence-electron chi connectivity index (χ1n) is 14.1. The van der Waals surface area contributed by atoms with E-state index in [2.05, 4.69) is 25.3 Å². The standard InChI is InChI=1S/C30H27F2N9O3/c1-14(42)24-25(17-7-18-4-5-19(8-17)40(18)30(43)28-35-13-36-39-28)38-29-20(12-37-41(29)27(24)33)15-3-6-23(34-11-15)16-9-21(31)26(44-2)22(32)10-16/h3,6,9-13,17-19H,4-5,7-8,33H2,1-2H3,(H,35,36,39)/t17-,18+,19-. The zero-order valence-electron chi connectivity index (χ0n) is 23.8. The lowest BCUT2D eigenvalue weighted by Crippen LogP contribution is -2.46. The third-order valence-corrected chi connectivity index (χ3v) is 8.61. The number of fused-ring (bicyclic) bond motifs is 3. The van der Waals surface area contributed by atoms with Gasteiger partial charge in [0.05, 0.1) is 30.3 Å². The Kier molecular flexibility index (Phi) is 6.56. The summed E-state index contributed by atoms with van der Waals surface area (Å²) in [6.07, 6.45) is 7.46. The average molecular weight is 600 g/mol. The number of amides is 1. The molecule has 0 spiro atoms. The van der Waals surface area contributed by atoms with Crippen LogP contribution in [0.4, 0.5) is 14.6 Å². The number of carbonyl (C=O) groups is 2. The number of nitrogens with zero attached hydrogens (tertiary/aromatic N) is 7. The predicted octanol–water partition coefficient (Wildman–Crippen LogP) is 4.20. The number of H-pyrrole nitrogens is 1. The lowest BCUT2D eigenvalue weighted by molar-refractivity contribution is 0.0556. The summed E-state index contributed by atoms with van der Waals surface area (Å²) in [6, 6.07) is 5.65. The molecule has 2 aliphatic heterocycles. The summed E-state index contributed by atoms with van der Waals surface area (Å²) in [5.41, 5.74) is 9.81. The highest BCUT2D eigenvalue weighted by molar-refractivity contribution is 6.00. The normalized spacial score (nSPS) is 19.5. The van der Waals surface area contributed by atoms with Crippen molar-refractivity contribution in [3.05, 3.63) is 71.7 Å². The molecule has 12 nitrogen and oxygen atoms in total. The van der Waals surface area contributed by atoms with Crippen LogP contribution in [0, 0.1) is 11.6 Å². The van der Waals surface area contributed by atoms with Crippen LogP contribution in [0.1, 0.15) is 65.2 Å². The molecule has 14 heteroatoms. The summed E-state index contributed by atoms with van der Waals surface area (Å²) in [5.74, 6) is -2.23. The fourth-order valence-electron chi connectivity index (χ4n) is 6.68. The van der Waals surface area contributed by atoms with Crippen molar-refractivity contribution in [3.63, 3.8) is 0 Å². The van der Waals surface area contributed by atoms with Crippen LogP contribution in [-0.4, -0.2) is 70.5 Å². The number of piperidine rings is 1. The van der Waals surface area contributed by atoms with E-state index in [0.29, 0.717) is 46.6 Å². The minimum Gasteiger partial charge on any atom is -0.491 e. The minimum absolute atomic E-state index is 0.0378. The number of nitrogen functional groups attached to an aromatic ring is 1. The molecule has 2 aliphatic rings. The van der Waals surface area contributed by atoms with Crippen molar-refractivity contribution >= 4 is 23.2 Å². The third kappa shape index (κ3) is 4.36. The van der Waals surface area contributed by atoms with Crippen LogP contribution in [-0.2, 0) is 0 Å².